The number of thioether (sulfide) groups is 1. The van der Waals surface area contributed by atoms with Crippen molar-refractivity contribution in [1.29, 1.82) is 0 Å². The van der Waals surface area contributed by atoms with Gasteiger partial charge in [-0.3, -0.25) is 71.9 Å². The van der Waals surface area contributed by atoms with Crippen molar-refractivity contribution in [2.45, 2.75) is 178 Å². The average Bonchev–Trinajstić information content (AvgIpc) is 0.940. The molecule has 0 radical (unpaired) electrons. The number of H-pyrrole nitrogens is 1. The van der Waals surface area contributed by atoms with E-state index < -0.39 is 199 Å². The number of aliphatic hydroxyl groups excluding tert-OH is 1. The van der Waals surface area contributed by atoms with Gasteiger partial charge in [0.05, 0.1) is 25.4 Å². The van der Waals surface area contributed by atoms with Crippen molar-refractivity contribution in [2.75, 3.05) is 59.3 Å². The standard InChI is InChI=1S/C92H118N16O19S/c1-10-11-31-73-90(125)105(6)51-78(113)98-70(47-80(115)116)87(122)104-81(55(4)5)92(127)107(8)74(44-57-25-17-13-18-26-57)88(123)102-67(41-59-32-36-62(109)37-33-59)82(117)96-50-77(112)97-69(46-61-48-94-65-30-22-21-29-64(61)65)86(121)101-68(42-60-34-38-63(110)39-35-60)85(120)100-66(40-54(2)3)84(119)103-72(83(118)95-49-76(93)111)52-128-53-79(114)99-71(43-56-23-15-12-16-24-56)89(124)108(9)75(91(126)106(73)7)45-58-27-19-14-20-28-58/h12-30,32-39,48,54-55,66-75,80-81,94,109-110,115-116H,10-11,31,40-47,49-53H2,1-9H3,(H2,93,111)(H,95,118)(H,96,117)(H,97,112)(H,98,113)(H,99,114)(H,100,120)(H,101,121)(H,102,123)(H,103,119)(H,104,122)/t66-,67-,68-,69-,70-,71-,72-,73-,74-,75-,81-/m0/s1. The van der Waals surface area contributed by atoms with Gasteiger partial charge in [0.2, 0.25) is 88.6 Å². The molecule has 0 saturated carbocycles. The van der Waals surface area contributed by atoms with Gasteiger partial charge in [-0.1, -0.05) is 181 Å². The SMILES string of the molecule is CCCC[C@H]1C(=O)N(C)CC(=O)N[C@@H](CC(O)O)C(=O)N[C@@H](C(C)C)C(=O)N(C)[C@@H](Cc2ccccc2)C(=O)N[C@@H](Cc2ccc(O)cc2)C(=O)NCC(=O)N[C@@H](Cc2c[nH]c3ccccc23)C(=O)N[C@@H](Cc2ccc(O)cc2)C(=O)N[C@@H](CC(C)C)C(=O)N[C@H](C(=O)NCC(N)=O)CSCC(=O)N[C@@H](Cc2ccccc2)C(=O)N(C)[C@@H](Cc2ccccc2)C(=O)N1C. The molecule has 1 aliphatic rings. The summed E-state index contributed by atoms with van der Waals surface area (Å²) in [5, 5.41) is 68.7. The molecule has 6 aromatic carbocycles. The third-order valence-corrected chi connectivity index (χ3v) is 22.8. The Bertz CT molecular complexity index is 4970. The monoisotopic (exact) mass is 1780 g/mol. The molecule has 11 atom stereocenters. The first-order chi connectivity index (χ1) is 61.0. The highest BCUT2D eigenvalue weighted by molar-refractivity contribution is 8.00. The zero-order valence-electron chi connectivity index (χ0n) is 73.2. The Hall–Kier alpha value is -13.2. The Morgan fingerprint density at radius 2 is 0.930 bits per heavy atom. The van der Waals surface area contributed by atoms with Crippen LogP contribution in [-0.2, 0) is 110 Å². The van der Waals surface area contributed by atoms with Crippen molar-refractivity contribution >= 4 is 111 Å². The second kappa shape index (κ2) is 49.0. The van der Waals surface area contributed by atoms with Gasteiger partial charge in [0.15, 0.2) is 6.29 Å². The van der Waals surface area contributed by atoms with E-state index in [1.807, 2.05) is 6.92 Å². The number of carbonyl (C=O) groups is 15. The van der Waals surface area contributed by atoms with Crippen LogP contribution in [0.25, 0.3) is 10.9 Å². The molecule has 1 fully saturated rings. The number of hydrogen-bond donors (Lipinski definition) is 16. The van der Waals surface area contributed by atoms with Gasteiger partial charge in [0, 0.05) is 96.0 Å². The van der Waals surface area contributed by atoms with E-state index in [0.29, 0.717) is 57.1 Å². The first-order valence-electron chi connectivity index (χ1n) is 42.4. The molecule has 36 heteroatoms. The molecule has 8 rings (SSSR count). The molecule has 15 amide bonds. The van der Waals surface area contributed by atoms with Crippen LogP contribution in [-0.4, -0.2) is 266 Å². The van der Waals surface area contributed by atoms with Crippen LogP contribution in [0.2, 0.25) is 0 Å². The van der Waals surface area contributed by atoms with Crippen LogP contribution in [0.1, 0.15) is 100 Å². The Labute approximate surface area is 747 Å². The van der Waals surface area contributed by atoms with Gasteiger partial charge in [0.25, 0.3) is 0 Å². The van der Waals surface area contributed by atoms with Crippen molar-refractivity contribution in [3.05, 3.63) is 203 Å². The van der Waals surface area contributed by atoms with Gasteiger partial charge in [-0.25, -0.2) is 0 Å². The third-order valence-electron chi connectivity index (χ3n) is 21.8. The summed E-state index contributed by atoms with van der Waals surface area (Å²) in [6.45, 7) is 6.17. The van der Waals surface area contributed by atoms with E-state index in [9.17, 15) is 63.6 Å². The molecular formula is C92H118N16O19S. The van der Waals surface area contributed by atoms with Gasteiger partial charge < -0.3 is 104 Å². The van der Waals surface area contributed by atoms with E-state index in [2.05, 4.69) is 58.2 Å². The number of fused-ring (bicyclic) bond motifs is 1. The number of nitrogens with zero attached hydrogens (tertiary/aromatic N) is 4. The molecule has 1 aromatic heterocycles. The number of unbranched alkanes of at least 4 members (excludes halogenated alkanes) is 1. The molecule has 17 N–H and O–H groups in total. The van der Waals surface area contributed by atoms with Crippen molar-refractivity contribution in [3.8, 4) is 11.5 Å². The summed E-state index contributed by atoms with van der Waals surface area (Å²) in [5.41, 5.74) is 9.12. The lowest BCUT2D eigenvalue weighted by Crippen LogP contribution is -2.61. The largest absolute Gasteiger partial charge is 0.508 e. The number of benzene rings is 6. The Balaban J connectivity index is 1.20. The quantitative estimate of drug-likeness (QED) is 0.0400. The number of nitrogens with two attached hydrogens (primary N) is 1. The summed E-state index contributed by atoms with van der Waals surface area (Å²) in [7, 11) is 5.31. The van der Waals surface area contributed by atoms with E-state index >= 15 is 28.8 Å². The van der Waals surface area contributed by atoms with Crippen molar-refractivity contribution in [3.63, 3.8) is 0 Å². The van der Waals surface area contributed by atoms with Gasteiger partial charge >= 0.3 is 0 Å². The molecule has 2 heterocycles. The second-order valence-electron chi connectivity index (χ2n) is 32.7. The maximum atomic E-state index is 15.5. The second-order valence-corrected chi connectivity index (χ2v) is 33.7. The van der Waals surface area contributed by atoms with Crippen LogP contribution in [0.5, 0.6) is 11.5 Å². The predicted octanol–water partition coefficient (Wildman–Crippen LogP) is 1.21. The van der Waals surface area contributed by atoms with Crippen LogP contribution >= 0.6 is 11.8 Å². The lowest BCUT2D eigenvalue weighted by molar-refractivity contribution is -0.151. The smallest absolute Gasteiger partial charge is 0.246 e. The fourth-order valence-corrected chi connectivity index (χ4v) is 15.6. The van der Waals surface area contributed by atoms with Gasteiger partial charge in [-0.2, -0.15) is 0 Å². The lowest BCUT2D eigenvalue weighted by Gasteiger charge is -2.37. The highest BCUT2D eigenvalue weighted by Crippen LogP contribution is 2.24. The Morgan fingerprint density at radius 1 is 0.469 bits per heavy atom. The first kappa shape index (κ1) is 100. The van der Waals surface area contributed by atoms with Crippen LogP contribution in [0.15, 0.2) is 170 Å². The predicted molar refractivity (Wildman–Crippen MR) is 478 cm³/mol. The number of aromatic nitrogens is 1. The fourth-order valence-electron chi connectivity index (χ4n) is 14.8. The summed E-state index contributed by atoms with van der Waals surface area (Å²) in [6.07, 6.45) is -1.91. The molecular weight excluding hydrogens is 1670 g/mol. The summed E-state index contributed by atoms with van der Waals surface area (Å²) in [5.74, 6) is -15.8. The van der Waals surface area contributed by atoms with Gasteiger partial charge in [0.1, 0.15) is 78.0 Å². The average molecular weight is 1780 g/mol. The van der Waals surface area contributed by atoms with E-state index in [1.165, 1.54) is 86.5 Å². The number of aliphatic hydroxyl groups is 2. The maximum Gasteiger partial charge on any atom is 0.246 e. The highest BCUT2D eigenvalue weighted by atomic mass is 32.2. The zero-order chi connectivity index (χ0) is 93.4. The molecule has 1 aliphatic heterocycles. The van der Waals surface area contributed by atoms with Crippen molar-refractivity contribution in [1.82, 2.24) is 77.8 Å². The number of hydrogen-bond acceptors (Lipinski definition) is 20. The zero-order valence-corrected chi connectivity index (χ0v) is 74.1. The number of carbonyl (C=O) groups excluding carboxylic acids is 15. The number of aromatic amines is 1. The first-order valence-corrected chi connectivity index (χ1v) is 43.6. The van der Waals surface area contributed by atoms with Crippen molar-refractivity contribution < 1.29 is 92.3 Å². The van der Waals surface area contributed by atoms with Crippen LogP contribution in [0.4, 0.5) is 0 Å². The number of nitrogens with one attached hydrogen (secondary N) is 11. The van der Waals surface area contributed by atoms with Crippen LogP contribution in [0.3, 0.4) is 0 Å². The minimum Gasteiger partial charge on any atom is -0.508 e. The Kier molecular flexibility index (Phi) is 38.4. The molecule has 35 nitrogen and oxygen atoms in total. The molecule has 1 saturated heterocycles. The van der Waals surface area contributed by atoms with E-state index in [1.54, 1.807) is 149 Å². The molecule has 0 spiro atoms. The number of aromatic hydroxyl groups is 2. The molecule has 7 aromatic rings. The summed E-state index contributed by atoms with van der Waals surface area (Å²) < 4.78 is 0. The number of phenolic OH excluding ortho intramolecular Hbond substituents is 2. The number of rotatable bonds is 23. The lowest BCUT2D eigenvalue weighted by atomic mass is 9.98. The Morgan fingerprint density at radius 3 is 1.48 bits per heavy atom. The number of primary amides is 1. The van der Waals surface area contributed by atoms with Gasteiger partial charge in [-0.15, -0.1) is 11.8 Å². The summed E-state index contributed by atoms with van der Waals surface area (Å²) in [6, 6.07) is 27.4. The minimum atomic E-state index is -2.24. The van der Waals surface area contributed by atoms with Gasteiger partial charge in [-0.05, 0) is 88.4 Å². The fraction of sp³-hybridized carbons (Fsp3) is 0.424. The van der Waals surface area contributed by atoms with Crippen LogP contribution < -0.4 is 58.9 Å². The van der Waals surface area contributed by atoms with Crippen LogP contribution in [0, 0.1) is 11.8 Å². The molecule has 128 heavy (non-hydrogen) atoms. The molecule has 0 bridgehead atoms. The van der Waals surface area contributed by atoms with E-state index in [0.717, 1.165) is 21.6 Å². The summed E-state index contributed by atoms with van der Waals surface area (Å²) >= 11 is 0.831. The van der Waals surface area contributed by atoms with E-state index in [-0.39, 0.29) is 74.5 Å². The normalized spacial score (nSPS) is 22.0. The minimum absolute atomic E-state index is 0.0414. The molecule has 0 unspecified atom stereocenters. The number of amides is 15. The number of phenols is 2. The van der Waals surface area contributed by atoms with Crippen molar-refractivity contribution in [2.24, 2.45) is 17.6 Å². The number of para-hydroxylation sites is 1. The molecule has 0 aliphatic carbocycles. The van der Waals surface area contributed by atoms with E-state index in [4.69, 9.17) is 5.73 Å². The molecule has 686 valence electrons. The summed E-state index contributed by atoms with van der Waals surface area (Å²) in [4.78, 5) is 229. The third kappa shape index (κ3) is 30.5. The highest BCUT2D eigenvalue weighted by Gasteiger charge is 2.42. The number of likely N-dealkylation sites (N-methyl/N-ethyl adjacent to an activating group) is 4. The maximum absolute atomic E-state index is 15.5. The topological polar surface area (TPSA) is 512 Å².